The summed E-state index contributed by atoms with van der Waals surface area (Å²) in [5.41, 5.74) is 1.45. The first-order valence-corrected chi connectivity index (χ1v) is 5.19. The quantitative estimate of drug-likeness (QED) is 0.836. The molecule has 16 heavy (non-hydrogen) atoms. The largest absolute Gasteiger partial charge is 0.478 e. The van der Waals surface area contributed by atoms with Gasteiger partial charge in [0.25, 0.3) is 0 Å². The Balaban J connectivity index is 0.00000225. The molecule has 0 bridgehead atoms. The molecule has 4 heteroatoms. The molecule has 0 heterocycles. The minimum atomic E-state index is -0.878. The molecule has 0 fully saturated rings. The molecule has 2 N–H and O–H groups in total. The van der Waals surface area contributed by atoms with Crippen molar-refractivity contribution in [2.45, 2.75) is 32.9 Å². The van der Waals surface area contributed by atoms with Crippen molar-refractivity contribution in [1.82, 2.24) is 5.32 Å². The van der Waals surface area contributed by atoms with Gasteiger partial charge in [-0.15, -0.1) is 12.4 Å². The first kappa shape index (κ1) is 14.9. The molecular formula is C12H18ClNO2. The maximum absolute atomic E-state index is 10.6. The van der Waals surface area contributed by atoms with E-state index in [2.05, 4.69) is 19.2 Å². The van der Waals surface area contributed by atoms with Gasteiger partial charge in [0.2, 0.25) is 0 Å². The highest BCUT2D eigenvalue weighted by Gasteiger charge is 2.02. The zero-order valence-corrected chi connectivity index (χ0v) is 10.4. The summed E-state index contributed by atoms with van der Waals surface area (Å²) in [6.45, 7) is 5.05. The summed E-state index contributed by atoms with van der Waals surface area (Å²) < 4.78 is 0. The van der Waals surface area contributed by atoms with E-state index in [-0.39, 0.29) is 12.4 Å². The molecule has 0 aromatic heterocycles. The third-order valence-electron chi connectivity index (χ3n) is 2.47. The third-order valence-corrected chi connectivity index (χ3v) is 2.47. The average molecular weight is 244 g/mol. The summed E-state index contributed by atoms with van der Waals surface area (Å²) in [5.74, 6) is -0.878. The molecule has 0 saturated carbocycles. The topological polar surface area (TPSA) is 49.3 Å². The van der Waals surface area contributed by atoms with Gasteiger partial charge < -0.3 is 10.4 Å². The van der Waals surface area contributed by atoms with E-state index in [1.165, 1.54) is 0 Å². The summed E-state index contributed by atoms with van der Waals surface area (Å²) in [6.07, 6.45) is 1.09. The van der Waals surface area contributed by atoms with Crippen molar-refractivity contribution in [2.75, 3.05) is 0 Å². The molecule has 0 saturated heterocycles. The van der Waals surface area contributed by atoms with Gasteiger partial charge in [-0.3, -0.25) is 0 Å². The molecule has 0 aliphatic heterocycles. The summed E-state index contributed by atoms with van der Waals surface area (Å²) in [7, 11) is 0. The Labute approximate surface area is 102 Å². The van der Waals surface area contributed by atoms with E-state index >= 15 is 0 Å². The predicted molar refractivity (Wildman–Crippen MR) is 67.2 cm³/mol. The maximum Gasteiger partial charge on any atom is 0.335 e. The zero-order valence-electron chi connectivity index (χ0n) is 9.56. The lowest BCUT2D eigenvalue weighted by Gasteiger charge is -2.10. The van der Waals surface area contributed by atoms with E-state index in [4.69, 9.17) is 5.11 Å². The number of carboxylic acids is 1. The first-order valence-electron chi connectivity index (χ1n) is 5.19. The number of hydrogen-bond donors (Lipinski definition) is 2. The summed E-state index contributed by atoms with van der Waals surface area (Å²) in [6, 6.07) is 7.45. The second-order valence-corrected chi connectivity index (χ2v) is 3.69. The van der Waals surface area contributed by atoms with E-state index in [0.717, 1.165) is 18.5 Å². The number of benzene rings is 1. The van der Waals surface area contributed by atoms with Crippen molar-refractivity contribution < 1.29 is 9.90 Å². The molecule has 1 unspecified atom stereocenters. The summed E-state index contributed by atoms with van der Waals surface area (Å²) in [4.78, 5) is 10.6. The second kappa shape index (κ2) is 7.25. The molecule has 1 atom stereocenters. The highest BCUT2D eigenvalue weighted by atomic mass is 35.5. The van der Waals surface area contributed by atoms with Gasteiger partial charge in [-0.05, 0) is 31.0 Å². The Morgan fingerprint density at radius 3 is 2.38 bits per heavy atom. The van der Waals surface area contributed by atoms with Crippen LogP contribution in [0.4, 0.5) is 0 Å². The molecule has 1 aromatic rings. The van der Waals surface area contributed by atoms with Gasteiger partial charge >= 0.3 is 5.97 Å². The van der Waals surface area contributed by atoms with Gasteiger partial charge in [-0.25, -0.2) is 4.79 Å². The molecular weight excluding hydrogens is 226 g/mol. The minimum absolute atomic E-state index is 0. The lowest BCUT2D eigenvalue weighted by molar-refractivity contribution is 0.0697. The number of hydrogen-bond acceptors (Lipinski definition) is 2. The van der Waals surface area contributed by atoms with Crippen molar-refractivity contribution in [2.24, 2.45) is 0 Å². The van der Waals surface area contributed by atoms with Crippen molar-refractivity contribution in [3.05, 3.63) is 35.4 Å². The van der Waals surface area contributed by atoms with Crippen molar-refractivity contribution in [3.8, 4) is 0 Å². The van der Waals surface area contributed by atoms with Crippen molar-refractivity contribution in [3.63, 3.8) is 0 Å². The van der Waals surface area contributed by atoms with Crippen molar-refractivity contribution >= 4 is 18.4 Å². The lowest BCUT2D eigenvalue weighted by Crippen LogP contribution is -2.24. The SMILES string of the molecule is CCC(C)NCc1ccc(C(=O)O)cc1.Cl. The normalized spacial score (nSPS) is 11.6. The van der Waals surface area contributed by atoms with Crippen molar-refractivity contribution in [1.29, 1.82) is 0 Å². The monoisotopic (exact) mass is 243 g/mol. The van der Waals surface area contributed by atoms with E-state index in [9.17, 15) is 4.79 Å². The fourth-order valence-corrected chi connectivity index (χ4v) is 1.20. The standard InChI is InChI=1S/C12H17NO2.ClH/c1-3-9(2)13-8-10-4-6-11(7-5-10)12(14)15;/h4-7,9,13H,3,8H2,1-2H3,(H,14,15);1H. The number of aromatic carboxylic acids is 1. The molecule has 0 radical (unpaired) electrons. The van der Waals surface area contributed by atoms with Crippen LogP contribution in [0.15, 0.2) is 24.3 Å². The Morgan fingerprint density at radius 2 is 1.94 bits per heavy atom. The Bertz CT molecular complexity index is 324. The van der Waals surface area contributed by atoms with Gasteiger partial charge in [-0.1, -0.05) is 19.1 Å². The Morgan fingerprint density at radius 1 is 1.38 bits per heavy atom. The summed E-state index contributed by atoms with van der Waals surface area (Å²) >= 11 is 0. The van der Waals surface area contributed by atoms with Crippen LogP contribution in [-0.4, -0.2) is 17.1 Å². The van der Waals surface area contributed by atoms with Crippen LogP contribution >= 0.6 is 12.4 Å². The number of nitrogens with one attached hydrogen (secondary N) is 1. The fraction of sp³-hybridized carbons (Fsp3) is 0.417. The van der Waals surface area contributed by atoms with E-state index in [1.54, 1.807) is 12.1 Å². The van der Waals surface area contributed by atoms with Gasteiger partial charge in [0.15, 0.2) is 0 Å². The molecule has 0 aliphatic rings. The number of rotatable bonds is 5. The lowest BCUT2D eigenvalue weighted by atomic mass is 10.1. The maximum atomic E-state index is 10.6. The van der Waals surface area contributed by atoms with Crippen LogP contribution in [-0.2, 0) is 6.54 Å². The smallest absolute Gasteiger partial charge is 0.335 e. The van der Waals surface area contributed by atoms with Gasteiger partial charge in [0, 0.05) is 12.6 Å². The number of carbonyl (C=O) groups is 1. The van der Waals surface area contributed by atoms with Gasteiger partial charge in [-0.2, -0.15) is 0 Å². The molecule has 3 nitrogen and oxygen atoms in total. The molecule has 0 spiro atoms. The molecule has 1 rings (SSSR count). The van der Waals surface area contributed by atoms with E-state index in [1.807, 2.05) is 12.1 Å². The van der Waals surface area contributed by atoms with Crippen LogP contribution in [0.3, 0.4) is 0 Å². The van der Waals surface area contributed by atoms with Gasteiger partial charge in [0.1, 0.15) is 0 Å². The second-order valence-electron chi connectivity index (χ2n) is 3.69. The van der Waals surface area contributed by atoms with Gasteiger partial charge in [0.05, 0.1) is 5.56 Å². The van der Waals surface area contributed by atoms with Crippen LogP contribution in [0.5, 0.6) is 0 Å². The third kappa shape index (κ3) is 4.64. The molecule has 0 aliphatic carbocycles. The van der Waals surface area contributed by atoms with Crippen LogP contribution < -0.4 is 5.32 Å². The zero-order chi connectivity index (χ0) is 11.3. The Hall–Kier alpha value is -1.06. The predicted octanol–water partition coefficient (Wildman–Crippen LogP) is 2.69. The minimum Gasteiger partial charge on any atom is -0.478 e. The van der Waals surface area contributed by atoms with Crippen LogP contribution in [0, 0.1) is 0 Å². The highest BCUT2D eigenvalue weighted by Crippen LogP contribution is 2.04. The van der Waals surface area contributed by atoms with E-state index in [0.29, 0.717) is 11.6 Å². The van der Waals surface area contributed by atoms with Crippen LogP contribution in [0.25, 0.3) is 0 Å². The molecule has 90 valence electrons. The Kier molecular flexibility index (Phi) is 6.77. The average Bonchev–Trinajstić information content (AvgIpc) is 2.26. The molecule has 1 aromatic carbocycles. The van der Waals surface area contributed by atoms with E-state index < -0.39 is 5.97 Å². The summed E-state index contributed by atoms with van der Waals surface area (Å²) in [5, 5.41) is 12.1. The first-order chi connectivity index (χ1) is 7.13. The number of carboxylic acid groups (broad SMARTS) is 1. The van der Waals surface area contributed by atoms with Crippen LogP contribution in [0.2, 0.25) is 0 Å². The van der Waals surface area contributed by atoms with Crippen LogP contribution in [0.1, 0.15) is 36.2 Å². The fourth-order valence-electron chi connectivity index (χ4n) is 1.20. The highest BCUT2D eigenvalue weighted by molar-refractivity contribution is 5.87. The number of halogens is 1. The molecule has 0 amide bonds.